The Balaban J connectivity index is 1.69. The van der Waals surface area contributed by atoms with Gasteiger partial charge < -0.3 is 0 Å². The van der Waals surface area contributed by atoms with Crippen molar-refractivity contribution in [1.82, 2.24) is 4.98 Å². The van der Waals surface area contributed by atoms with Crippen LogP contribution < -0.4 is 0 Å². The third-order valence-electron chi connectivity index (χ3n) is 4.87. The Morgan fingerprint density at radius 2 is 2.14 bits per heavy atom. The molecule has 0 unspecified atom stereocenters. The van der Waals surface area contributed by atoms with Crippen molar-refractivity contribution in [2.24, 2.45) is 5.92 Å². The highest BCUT2D eigenvalue weighted by molar-refractivity contribution is 7.18. The Labute approximate surface area is 138 Å². The number of rotatable bonds is 7. The summed E-state index contributed by atoms with van der Waals surface area (Å²) in [5, 5.41) is 1.31. The summed E-state index contributed by atoms with van der Waals surface area (Å²) in [6.07, 6.45) is 11.9. The number of para-hydroxylation sites is 1. The van der Waals surface area contributed by atoms with E-state index in [2.05, 4.69) is 31.7 Å². The van der Waals surface area contributed by atoms with E-state index in [0.29, 0.717) is 0 Å². The minimum absolute atomic E-state index is 0.995. The molecule has 1 saturated carbocycles. The molecule has 2 heteroatoms. The quantitative estimate of drug-likeness (QED) is 0.559. The highest BCUT2D eigenvalue weighted by Gasteiger charge is 2.15. The molecular formula is C20H27NS. The van der Waals surface area contributed by atoms with Gasteiger partial charge in [-0.15, -0.1) is 11.3 Å². The van der Waals surface area contributed by atoms with Gasteiger partial charge in [-0.1, -0.05) is 64.2 Å². The Bertz CT molecular complexity index is 634. The monoisotopic (exact) mass is 313 g/mol. The van der Waals surface area contributed by atoms with Gasteiger partial charge >= 0.3 is 0 Å². The number of aromatic nitrogens is 1. The van der Waals surface area contributed by atoms with Gasteiger partial charge in [0.05, 0.1) is 15.2 Å². The summed E-state index contributed by atoms with van der Waals surface area (Å²) in [7, 11) is 0. The summed E-state index contributed by atoms with van der Waals surface area (Å²) in [6.45, 7) is 6.46. The predicted octanol–water partition coefficient (Wildman–Crippen LogP) is 6.62. The summed E-state index contributed by atoms with van der Waals surface area (Å²) in [5.74, 6) is 0.995. The first-order chi connectivity index (χ1) is 10.8. The molecule has 0 amide bonds. The van der Waals surface area contributed by atoms with Gasteiger partial charge in [0.1, 0.15) is 0 Å². The lowest BCUT2D eigenvalue weighted by molar-refractivity contribution is 0.484. The fourth-order valence-corrected chi connectivity index (χ4v) is 4.70. The van der Waals surface area contributed by atoms with E-state index in [1.165, 1.54) is 64.9 Å². The Hall–Kier alpha value is -1.15. The zero-order chi connectivity index (χ0) is 15.4. The van der Waals surface area contributed by atoms with Crippen molar-refractivity contribution in [3.05, 3.63) is 35.3 Å². The van der Waals surface area contributed by atoms with Gasteiger partial charge in [0, 0.05) is 5.56 Å². The Morgan fingerprint density at radius 1 is 1.32 bits per heavy atom. The highest BCUT2D eigenvalue weighted by Crippen LogP contribution is 2.32. The van der Waals surface area contributed by atoms with E-state index < -0.39 is 0 Å². The molecule has 1 fully saturated rings. The fraction of sp³-hybridized carbons (Fsp3) is 0.550. The van der Waals surface area contributed by atoms with Crippen LogP contribution in [0.3, 0.4) is 0 Å². The van der Waals surface area contributed by atoms with Gasteiger partial charge in [-0.3, -0.25) is 0 Å². The van der Waals surface area contributed by atoms with E-state index in [0.717, 1.165) is 25.2 Å². The summed E-state index contributed by atoms with van der Waals surface area (Å²) >= 11 is 1.88. The molecule has 1 aliphatic carbocycles. The summed E-state index contributed by atoms with van der Waals surface area (Å²) < 4.78 is 1.32. The average molecular weight is 314 g/mol. The van der Waals surface area contributed by atoms with Gasteiger partial charge in [0.15, 0.2) is 0 Å². The van der Waals surface area contributed by atoms with Crippen molar-refractivity contribution in [1.29, 1.82) is 0 Å². The molecule has 118 valence electrons. The standard InChI is InChI=1S/C20H27NS/c1-3-8-15(2)17-12-7-13-18-20(17)21-19(22-18)14-6-11-16-9-4-5-10-16/h7,12-13,16H,2-6,8-11,14H2,1H3. The molecule has 1 aliphatic rings. The summed E-state index contributed by atoms with van der Waals surface area (Å²) in [4.78, 5) is 4.94. The van der Waals surface area contributed by atoms with Crippen molar-refractivity contribution in [3.8, 4) is 0 Å². The van der Waals surface area contributed by atoms with Gasteiger partial charge in [-0.2, -0.15) is 0 Å². The number of hydrogen-bond acceptors (Lipinski definition) is 2. The first-order valence-electron chi connectivity index (χ1n) is 8.84. The van der Waals surface area contributed by atoms with E-state index >= 15 is 0 Å². The van der Waals surface area contributed by atoms with Gasteiger partial charge in [-0.05, 0) is 36.8 Å². The largest absolute Gasteiger partial charge is 0.241 e. The minimum Gasteiger partial charge on any atom is -0.241 e. The fourth-order valence-electron chi connectivity index (χ4n) is 3.66. The SMILES string of the molecule is C=C(CCC)c1cccc2sc(CCCC3CCCC3)nc12. The predicted molar refractivity (Wildman–Crippen MR) is 98.5 cm³/mol. The molecule has 1 nitrogen and oxygen atoms in total. The molecule has 1 heterocycles. The molecule has 22 heavy (non-hydrogen) atoms. The molecule has 3 rings (SSSR count). The lowest BCUT2D eigenvalue weighted by atomic mass is 10.0. The van der Waals surface area contributed by atoms with Crippen LogP contribution in [0.25, 0.3) is 15.8 Å². The van der Waals surface area contributed by atoms with E-state index in [1.54, 1.807) is 0 Å². The maximum Gasteiger partial charge on any atom is 0.0938 e. The Kier molecular flexibility index (Phi) is 5.30. The van der Waals surface area contributed by atoms with Gasteiger partial charge in [-0.25, -0.2) is 4.98 Å². The second kappa shape index (κ2) is 7.41. The van der Waals surface area contributed by atoms with Crippen molar-refractivity contribution >= 4 is 27.1 Å². The number of allylic oxidation sites excluding steroid dienone is 1. The van der Waals surface area contributed by atoms with Gasteiger partial charge in [0.2, 0.25) is 0 Å². The zero-order valence-electron chi connectivity index (χ0n) is 13.7. The molecular weight excluding hydrogens is 286 g/mol. The van der Waals surface area contributed by atoms with Crippen LogP contribution in [-0.2, 0) is 6.42 Å². The van der Waals surface area contributed by atoms with Crippen LogP contribution in [-0.4, -0.2) is 4.98 Å². The molecule has 0 spiro atoms. The van der Waals surface area contributed by atoms with E-state index in [-0.39, 0.29) is 0 Å². The molecule has 0 bridgehead atoms. The average Bonchev–Trinajstić information content (AvgIpc) is 3.15. The third kappa shape index (κ3) is 3.60. The topological polar surface area (TPSA) is 12.9 Å². The third-order valence-corrected chi connectivity index (χ3v) is 5.95. The van der Waals surface area contributed by atoms with Crippen molar-refractivity contribution in [2.75, 3.05) is 0 Å². The molecule has 1 aromatic heterocycles. The number of nitrogens with zero attached hydrogens (tertiary/aromatic N) is 1. The lowest BCUT2D eigenvalue weighted by Crippen LogP contribution is -1.94. The lowest BCUT2D eigenvalue weighted by Gasteiger charge is -2.06. The summed E-state index contributed by atoms with van der Waals surface area (Å²) in [5.41, 5.74) is 3.68. The highest BCUT2D eigenvalue weighted by atomic mass is 32.1. The van der Waals surface area contributed by atoms with E-state index in [1.807, 2.05) is 11.3 Å². The van der Waals surface area contributed by atoms with E-state index in [9.17, 15) is 0 Å². The van der Waals surface area contributed by atoms with Crippen LogP contribution in [0.5, 0.6) is 0 Å². The van der Waals surface area contributed by atoms with Crippen LogP contribution in [0.1, 0.15) is 68.9 Å². The van der Waals surface area contributed by atoms with Gasteiger partial charge in [0.25, 0.3) is 0 Å². The summed E-state index contributed by atoms with van der Waals surface area (Å²) in [6, 6.07) is 6.54. The number of thiazole rings is 1. The van der Waals surface area contributed by atoms with Crippen LogP contribution >= 0.6 is 11.3 Å². The zero-order valence-corrected chi connectivity index (χ0v) is 14.6. The normalized spacial score (nSPS) is 15.7. The molecule has 0 N–H and O–H groups in total. The van der Waals surface area contributed by atoms with Crippen LogP contribution in [0.4, 0.5) is 0 Å². The smallest absolute Gasteiger partial charge is 0.0938 e. The van der Waals surface area contributed by atoms with Crippen LogP contribution in [0, 0.1) is 5.92 Å². The van der Waals surface area contributed by atoms with Crippen molar-refractivity contribution < 1.29 is 0 Å². The maximum atomic E-state index is 4.94. The van der Waals surface area contributed by atoms with Crippen LogP contribution in [0.2, 0.25) is 0 Å². The number of hydrogen-bond donors (Lipinski definition) is 0. The van der Waals surface area contributed by atoms with Crippen molar-refractivity contribution in [2.45, 2.75) is 64.7 Å². The maximum absolute atomic E-state index is 4.94. The number of benzene rings is 1. The molecule has 0 saturated heterocycles. The molecule has 0 atom stereocenters. The Morgan fingerprint density at radius 3 is 2.91 bits per heavy atom. The first-order valence-corrected chi connectivity index (χ1v) is 9.66. The first kappa shape index (κ1) is 15.7. The number of aryl methyl sites for hydroxylation is 1. The molecule has 2 aromatic rings. The van der Waals surface area contributed by atoms with E-state index in [4.69, 9.17) is 4.98 Å². The second-order valence-electron chi connectivity index (χ2n) is 6.66. The van der Waals surface area contributed by atoms with Crippen molar-refractivity contribution in [3.63, 3.8) is 0 Å². The molecule has 0 aliphatic heterocycles. The second-order valence-corrected chi connectivity index (χ2v) is 7.77. The molecule has 0 radical (unpaired) electrons. The number of fused-ring (bicyclic) bond motifs is 1. The molecule has 1 aromatic carbocycles. The van der Waals surface area contributed by atoms with Crippen LogP contribution in [0.15, 0.2) is 24.8 Å². The minimum atomic E-state index is 0.995.